The summed E-state index contributed by atoms with van der Waals surface area (Å²) in [4.78, 5) is 0. The summed E-state index contributed by atoms with van der Waals surface area (Å²) in [5, 5.41) is 3.68. The van der Waals surface area contributed by atoms with Gasteiger partial charge in [-0.05, 0) is 29.9 Å². The first-order chi connectivity index (χ1) is 9.68. The number of rotatable bonds is 6. The largest absolute Gasteiger partial charge is 0.310 e. The molecule has 0 saturated carbocycles. The molecule has 1 nitrogen and oxygen atoms in total. The van der Waals surface area contributed by atoms with Crippen molar-refractivity contribution in [1.29, 1.82) is 0 Å². The van der Waals surface area contributed by atoms with Crippen molar-refractivity contribution in [1.82, 2.24) is 5.32 Å². The second kappa shape index (κ2) is 7.25. The lowest BCUT2D eigenvalue weighted by Crippen LogP contribution is -2.27. The zero-order valence-corrected chi connectivity index (χ0v) is 12.7. The average molecular weight is 267 g/mol. The number of hydrogen-bond acceptors (Lipinski definition) is 1. The Balaban J connectivity index is 2.00. The van der Waals surface area contributed by atoms with Crippen LogP contribution in [0.25, 0.3) is 0 Å². The summed E-state index contributed by atoms with van der Waals surface area (Å²) in [6.45, 7) is 7.84. The van der Waals surface area contributed by atoms with Gasteiger partial charge in [-0.25, -0.2) is 0 Å². The zero-order chi connectivity index (χ0) is 14.4. The fourth-order valence-corrected chi connectivity index (χ4v) is 2.60. The summed E-state index contributed by atoms with van der Waals surface area (Å²) in [6.07, 6.45) is 0. The van der Waals surface area contributed by atoms with E-state index in [4.69, 9.17) is 0 Å². The molecule has 1 heteroatoms. The van der Waals surface area contributed by atoms with Crippen LogP contribution in [0.1, 0.15) is 43.9 Å². The molecule has 0 spiro atoms. The summed E-state index contributed by atoms with van der Waals surface area (Å²) < 4.78 is 0. The summed E-state index contributed by atoms with van der Waals surface area (Å²) >= 11 is 0. The summed E-state index contributed by atoms with van der Waals surface area (Å²) in [7, 11) is 0. The predicted octanol–water partition coefficient (Wildman–Crippen LogP) is 4.78. The van der Waals surface area contributed by atoms with E-state index in [0.717, 1.165) is 6.54 Å². The molecule has 2 aromatic rings. The quantitative estimate of drug-likeness (QED) is 0.794. The molecule has 0 saturated heterocycles. The van der Waals surface area contributed by atoms with E-state index in [1.807, 2.05) is 0 Å². The second-order valence-corrected chi connectivity index (χ2v) is 5.80. The first-order valence-corrected chi connectivity index (χ1v) is 7.51. The number of benzene rings is 2. The maximum absolute atomic E-state index is 3.68. The van der Waals surface area contributed by atoms with Crippen LogP contribution < -0.4 is 5.32 Å². The van der Waals surface area contributed by atoms with Gasteiger partial charge in [-0.2, -0.15) is 0 Å². The molecule has 0 amide bonds. The van der Waals surface area contributed by atoms with E-state index in [2.05, 4.69) is 86.8 Å². The Morgan fingerprint density at radius 1 is 0.750 bits per heavy atom. The highest BCUT2D eigenvalue weighted by molar-refractivity contribution is 5.21. The van der Waals surface area contributed by atoms with Crippen molar-refractivity contribution in [2.24, 2.45) is 5.92 Å². The predicted molar refractivity (Wildman–Crippen MR) is 86.9 cm³/mol. The minimum atomic E-state index is 0.390. The Labute approximate surface area is 123 Å². The van der Waals surface area contributed by atoms with E-state index in [0.29, 0.717) is 17.9 Å². The minimum Gasteiger partial charge on any atom is -0.310 e. The Morgan fingerprint density at radius 3 is 1.75 bits per heavy atom. The summed E-state index contributed by atoms with van der Waals surface area (Å²) in [5.74, 6) is 1.19. The van der Waals surface area contributed by atoms with Crippen molar-refractivity contribution < 1.29 is 0 Å². The number of nitrogens with one attached hydrogen (secondary N) is 1. The van der Waals surface area contributed by atoms with Crippen molar-refractivity contribution >= 4 is 0 Å². The van der Waals surface area contributed by atoms with Crippen LogP contribution in [-0.4, -0.2) is 6.54 Å². The Kier molecular flexibility index (Phi) is 5.37. The first kappa shape index (κ1) is 14.8. The lowest BCUT2D eigenvalue weighted by Gasteiger charge is -2.24. The van der Waals surface area contributed by atoms with Crippen LogP contribution in [0.5, 0.6) is 0 Å². The third kappa shape index (κ3) is 3.94. The van der Waals surface area contributed by atoms with E-state index in [1.165, 1.54) is 11.1 Å². The minimum absolute atomic E-state index is 0.390. The fourth-order valence-electron chi connectivity index (χ4n) is 2.60. The van der Waals surface area contributed by atoms with Crippen molar-refractivity contribution in [2.75, 3.05) is 6.54 Å². The third-order valence-corrected chi connectivity index (χ3v) is 3.98. The van der Waals surface area contributed by atoms with Gasteiger partial charge in [-0.3, -0.25) is 0 Å². The van der Waals surface area contributed by atoms with Crippen LogP contribution in [0.3, 0.4) is 0 Å². The van der Waals surface area contributed by atoms with Crippen molar-refractivity contribution in [3.8, 4) is 0 Å². The van der Waals surface area contributed by atoms with Gasteiger partial charge >= 0.3 is 0 Å². The zero-order valence-electron chi connectivity index (χ0n) is 12.7. The molecule has 0 heterocycles. The molecule has 2 rings (SSSR count). The van der Waals surface area contributed by atoms with Gasteiger partial charge in [-0.1, -0.05) is 74.5 Å². The van der Waals surface area contributed by atoms with Crippen molar-refractivity contribution in [3.05, 3.63) is 71.8 Å². The Hall–Kier alpha value is -1.60. The van der Waals surface area contributed by atoms with E-state index < -0.39 is 0 Å². The lowest BCUT2D eigenvalue weighted by atomic mass is 9.88. The van der Waals surface area contributed by atoms with Crippen molar-refractivity contribution in [3.63, 3.8) is 0 Å². The van der Waals surface area contributed by atoms with Crippen LogP contribution in [0, 0.1) is 5.92 Å². The number of hydrogen-bond donors (Lipinski definition) is 1. The van der Waals surface area contributed by atoms with Gasteiger partial charge in [-0.15, -0.1) is 0 Å². The van der Waals surface area contributed by atoms with Gasteiger partial charge in [0, 0.05) is 12.6 Å². The summed E-state index contributed by atoms with van der Waals surface area (Å²) in [6, 6.07) is 21.8. The molecule has 106 valence electrons. The lowest BCUT2D eigenvalue weighted by molar-refractivity contribution is 0.436. The highest BCUT2D eigenvalue weighted by atomic mass is 14.9. The van der Waals surface area contributed by atoms with Gasteiger partial charge < -0.3 is 5.32 Å². The third-order valence-electron chi connectivity index (χ3n) is 3.98. The average Bonchev–Trinajstić information content (AvgIpc) is 2.49. The van der Waals surface area contributed by atoms with Crippen molar-refractivity contribution in [2.45, 2.75) is 32.7 Å². The molecule has 2 aromatic carbocycles. The van der Waals surface area contributed by atoms with Crippen LogP contribution >= 0.6 is 0 Å². The Bertz CT molecular complexity index is 490. The maximum atomic E-state index is 3.68. The molecular weight excluding hydrogens is 242 g/mol. The second-order valence-electron chi connectivity index (χ2n) is 5.80. The van der Waals surface area contributed by atoms with Crippen LogP contribution in [-0.2, 0) is 0 Å². The van der Waals surface area contributed by atoms with E-state index >= 15 is 0 Å². The molecule has 0 aliphatic rings. The SMILES string of the molecule is CC(NCC(c1ccccc1)C(C)C)c1ccccc1. The van der Waals surface area contributed by atoms with Crippen LogP contribution in [0.15, 0.2) is 60.7 Å². The monoisotopic (exact) mass is 267 g/mol. The molecule has 20 heavy (non-hydrogen) atoms. The topological polar surface area (TPSA) is 12.0 Å². The molecule has 0 aliphatic heterocycles. The first-order valence-electron chi connectivity index (χ1n) is 7.51. The molecule has 2 unspecified atom stereocenters. The standard InChI is InChI=1S/C19H25N/c1-15(2)19(18-12-8-5-9-13-18)14-20-16(3)17-10-6-4-7-11-17/h4-13,15-16,19-20H,14H2,1-3H3. The van der Waals surface area contributed by atoms with Gasteiger partial charge in [0.25, 0.3) is 0 Å². The molecular formula is C19H25N. The van der Waals surface area contributed by atoms with E-state index in [-0.39, 0.29) is 0 Å². The Morgan fingerprint density at radius 2 is 1.25 bits per heavy atom. The normalized spacial score (nSPS) is 14.2. The molecule has 0 bridgehead atoms. The summed E-state index contributed by atoms with van der Waals surface area (Å²) in [5.41, 5.74) is 2.78. The van der Waals surface area contributed by atoms with E-state index in [9.17, 15) is 0 Å². The molecule has 0 fully saturated rings. The highest BCUT2D eigenvalue weighted by Crippen LogP contribution is 2.24. The molecule has 2 atom stereocenters. The maximum Gasteiger partial charge on any atom is 0.0292 e. The van der Waals surface area contributed by atoms with Gasteiger partial charge in [0.05, 0.1) is 0 Å². The van der Waals surface area contributed by atoms with Gasteiger partial charge in [0.2, 0.25) is 0 Å². The van der Waals surface area contributed by atoms with Gasteiger partial charge in [0.15, 0.2) is 0 Å². The van der Waals surface area contributed by atoms with Gasteiger partial charge in [0.1, 0.15) is 0 Å². The van der Waals surface area contributed by atoms with E-state index in [1.54, 1.807) is 0 Å². The smallest absolute Gasteiger partial charge is 0.0292 e. The molecule has 0 radical (unpaired) electrons. The highest BCUT2D eigenvalue weighted by Gasteiger charge is 2.16. The molecule has 1 N–H and O–H groups in total. The molecule has 0 aliphatic carbocycles. The molecule has 0 aromatic heterocycles. The van der Waals surface area contributed by atoms with Crippen LogP contribution in [0.2, 0.25) is 0 Å². The fraction of sp³-hybridized carbons (Fsp3) is 0.368. The van der Waals surface area contributed by atoms with Crippen LogP contribution in [0.4, 0.5) is 0 Å².